The number of ether oxygens (including phenoxy) is 1. The Labute approximate surface area is 151 Å². The SMILES string of the molecule is COC1(N(C(C)=O)c2cccs2)C(=O)N2C=C(C=O)C(C(=O)O)S[C@@H]21. The predicted molar refractivity (Wildman–Crippen MR) is 91.0 cm³/mol. The quantitative estimate of drug-likeness (QED) is 0.458. The average molecular weight is 382 g/mol. The number of carbonyl (C=O) groups excluding carboxylic acids is 3. The zero-order valence-electron chi connectivity index (χ0n) is 13.2. The third-order valence-corrected chi connectivity index (χ3v) is 6.43. The second kappa shape index (κ2) is 6.28. The predicted octanol–water partition coefficient (Wildman–Crippen LogP) is 0.895. The van der Waals surface area contributed by atoms with Crippen LogP contribution in [0.5, 0.6) is 0 Å². The Bertz CT molecular complexity index is 777. The van der Waals surface area contributed by atoms with Crippen molar-refractivity contribution in [3.63, 3.8) is 0 Å². The number of anilines is 1. The summed E-state index contributed by atoms with van der Waals surface area (Å²) in [7, 11) is 1.30. The third kappa shape index (κ3) is 2.40. The maximum Gasteiger partial charge on any atom is 0.321 e. The molecule has 2 aliphatic rings. The Kier molecular flexibility index (Phi) is 4.43. The topological polar surface area (TPSA) is 104 Å². The minimum absolute atomic E-state index is 0.0164. The van der Waals surface area contributed by atoms with Gasteiger partial charge in [0.1, 0.15) is 21.9 Å². The Hall–Kier alpha value is -2.17. The smallest absolute Gasteiger partial charge is 0.321 e. The van der Waals surface area contributed by atoms with Gasteiger partial charge in [-0.25, -0.2) is 0 Å². The number of amides is 2. The summed E-state index contributed by atoms with van der Waals surface area (Å²) in [5.74, 6) is -2.13. The van der Waals surface area contributed by atoms with Crippen molar-refractivity contribution in [2.75, 3.05) is 12.0 Å². The highest BCUT2D eigenvalue weighted by Crippen LogP contribution is 2.50. The van der Waals surface area contributed by atoms with Crippen molar-refractivity contribution in [2.24, 2.45) is 0 Å². The van der Waals surface area contributed by atoms with Crippen LogP contribution in [0.3, 0.4) is 0 Å². The second-order valence-corrected chi connectivity index (χ2v) is 7.49. The van der Waals surface area contributed by atoms with Crippen molar-refractivity contribution in [2.45, 2.75) is 23.3 Å². The van der Waals surface area contributed by atoms with E-state index in [1.54, 1.807) is 17.5 Å². The van der Waals surface area contributed by atoms with Crippen LogP contribution in [0, 0.1) is 0 Å². The van der Waals surface area contributed by atoms with E-state index in [-0.39, 0.29) is 5.57 Å². The molecule has 1 N–H and O–H groups in total. The Morgan fingerprint density at radius 2 is 2.20 bits per heavy atom. The van der Waals surface area contributed by atoms with E-state index in [1.165, 1.54) is 41.4 Å². The average Bonchev–Trinajstić information content (AvgIpc) is 3.11. The van der Waals surface area contributed by atoms with Crippen molar-refractivity contribution >= 4 is 52.2 Å². The van der Waals surface area contributed by atoms with Gasteiger partial charge in [-0.3, -0.25) is 29.0 Å². The van der Waals surface area contributed by atoms with Gasteiger partial charge in [-0.2, -0.15) is 0 Å². The van der Waals surface area contributed by atoms with Gasteiger partial charge in [-0.05, 0) is 17.5 Å². The van der Waals surface area contributed by atoms with Crippen LogP contribution in [0.25, 0.3) is 0 Å². The van der Waals surface area contributed by atoms with E-state index in [9.17, 15) is 24.3 Å². The van der Waals surface area contributed by atoms with E-state index in [4.69, 9.17) is 4.74 Å². The van der Waals surface area contributed by atoms with Crippen LogP contribution in [0.4, 0.5) is 5.00 Å². The number of fused-ring (bicyclic) bond motifs is 1. The van der Waals surface area contributed by atoms with Crippen LogP contribution in [0.15, 0.2) is 29.3 Å². The number of hydrogen-bond donors (Lipinski definition) is 1. The number of aliphatic carboxylic acids is 1. The van der Waals surface area contributed by atoms with Crippen molar-refractivity contribution < 1.29 is 29.0 Å². The molecular weight excluding hydrogens is 368 g/mol. The number of thioether (sulfide) groups is 1. The van der Waals surface area contributed by atoms with E-state index < -0.39 is 34.1 Å². The molecule has 1 saturated heterocycles. The largest absolute Gasteiger partial charge is 0.480 e. The normalized spacial score (nSPS) is 27.8. The first-order valence-corrected chi connectivity index (χ1v) is 8.98. The summed E-state index contributed by atoms with van der Waals surface area (Å²) in [6, 6.07) is 3.41. The lowest BCUT2D eigenvalue weighted by Crippen LogP contribution is -2.80. The molecule has 0 aliphatic carbocycles. The lowest BCUT2D eigenvalue weighted by molar-refractivity contribution is -0.181. The van der Waals surface area contributed by atoms with Gasteiger partial charge in [0.15, 0.2) is 0 Å². The molecule has 3 rings (SSSR count). The number of carboxylic acid groups (broad SMARTS) is 1. The van der Waals surface area contributed by atoms with Gasteiger partial charge in [0.2, 0.25) is 5.91 Å². The summed E-state index contributed by atoms with van der Waals surface area (Å²) in [5, 5.41) is 9.72. The van der Waals surface area contributed by atoms with Crippen molar-refractivity contribution in [1.82, 2.24) is 4.90 Å². The summed E-state index contributed by atoms with van der Waals surface area (Å²) in [4.78, 5) is 50.2. The van der Waals surface area contributed by atoms with Crippen LogP contribution in [-0.2, 0) is 23.9 Å². The van der Waals surface area contributed by atoms with Gasteiger partial charge >= 0.3 is 5.97 Å². The Balaban J connectivity index is 2.08. The van der Waals surface area contributed by atoms with Crippen LogP contribution < -0.4 is 4.90 Å². The highest BCUT2D eigenvalue weighted by molar-refractivity contribution is 8.01. The van der Waals surface area contributed by atoms with Gasteiger partial charge in [-0.1, -0.05) is 0 Å². The van der Waals surface area contributed by atoms with Gasteiger partial charge in [0, 0.05) is 25.8 Å². The van der Waals surface area contributed by atoms with Crippen molar-refractivity contribution in [1.29, 1.82) is 0 Å². The third-order valence-electron chi connectivity index (χ3n) is 4.03. The van der Waals surface area contributed by atoms with Gasteiger partial charge < -0.3 is 9.84 Å². The number of β-lactam (4-membered cyclic amide) rings is 1. The van der Waals surface area contributed by atoms with Crippen molar-refractivity contribution in [3.05, 3.63) is 29.3 Å². The lowest BCUT2D eigenvalue weighted by Gasteiger charge is -2.58. The fourth-order valence-electron chi connectivity index (χ4n) is 2.97. The molecule has 0 spiro atoms. The number of carbonyl (C=O) groups is 4. The number of rotatable bonds is 5. The monoisotopic (exact) mass is 382 g/mol. The molecule has 132 valence electrons. The molecule has 1 aromatic heterocycles. The molecule has 1 aromatic rings. The van der Waals surface area contributed by atoms with E-state index in [2.05, 4.69) is 0 Å². The zero-order chi connectivity index (χ0) is 18.4. The highest BCUT2D eigenvalue weighted by atomic mass is 32.2. The van der Waals surface area contributed by atoms with Crippen LogP contribution in [0.1, 0.15) is 6.92 Å². The minimum atomic E-state index is -1.65. The first-order chi connectivity index (χ1) is 11.9. The standard InChI is InChI=1S/C15H14N2O6S2/c1-8(19)17(10-4-3-5-24-10)15(23-2)13(22)16-6-9(7-18)11(12(20)21)25-14(15)16/h3-7,11,14H,1-2H3,(H,20,21)/t11?,14-,15?/m1/s1. The van der Waals surface area contributed by atoms with E-state index in [0.29, 0.717) is 11.3 Å². The molecule has 0 saturated carbocycles. The molecule has 3 atom stereocenters. The van der Waals surface area contributed by atoms with E-state index >= 15 is 0 Å². The van der Waals surface area contributed by atoms with E-state index in [0.717, 1.165) is 11.8 Å². The van der Waals surface area contributed by atoms with Crippen molar-refractivity contribution in [3.8, 4) is 0 Å². The molecule has 25 heavy (non-hydrogen) atoms. The maximum absolute atomic E-state index is 12.8. The fraction of sp³-hybridized carbons (Fsp3) is 0.333. The zero-order valence-corrected chi connectivity index (χ0v) is 14.9. The summed E-state index contributed by atoms with van der Waals surface area (Å²) < 4.78 is 5.49. The Morgan fingerprint density at radius 1 is 1.48 bits per heavy atom. The highest BCUT2D eigenvalue weighted by Gasteiger charge is 2.68. The van der Waals surface area contributed by atoms with Crippen LogP contribution in [-0.4, -0.2) is 57.5 Å². The number of methoxy groups -OCH3 is 1. The van der Waals surface area contributed by atoms with Gasteiger partial charge in [0.25, 0.3) is 11.6 Å². The van der Waals surface area contributed by atoms with E-state index in [1.807, 2.05) is 0 Å². The molecule has 3 heterocycles. The first-order valence-electron chi connectivity index (χ1n) is 7.15. The summed E-state index contributed by atoms with van der Waals surface area (Å²) >= 11 is 2.15. The molecule has 8 nitrogen and oxygen atoms in total. The maximum atomic E-state index is 12.8. The van der Waals surface area contributed by atoms with Crippen LogP contribution in [0.2, 0.25) is 0 Å². The summed E-state index contributed by atoms with van der Waals surface area (Å²) in [6.07, 6.45) is 1.64. The fourth-order valence-corrected chi connectivity index (χ4v) is 5.21. The van der Waals surface area contributed by atoms with Crippen LogP contribution >= 0.6 is 23.1 Å². The van der Waals surface area contributed by atoms with Gasteiger partial charge in [-0.15, -0.1) is 23.1 Å². The molecule has 0 bridgehead atoms. The number of aldehydes is 1. The molecule has 2 amide bonds. The second-order valence-electron chi connectivity index (χ2n) is 5.37. The number of nitrogens with zero attached hydrogens (tertiary/aromatic N) is 2. The molecule has 0 radical (unpaired) electrons. The molecule has 1 fully saturated rings. The minimum Gasteiger partial charge on any atom is -0.480 e. The molecule has 2 aliphatic heterocycles. The summed E-state index contributed by atoms with van der Waals surface area (Å²) in [6.45, 7) is 1.31. The summed E-state index contributed by atoms with van der Waals surface area (Å²) in [5.41, 5.74) is -1.67. The Morgan fingerprint density at radius 3 is 2.68 bits per heavy atom. The molecule has 0 aromatic carbocycles. The molecule has 2 unspecified atom stereocenters. The van der Waals surface area contributed by atoms with Gasteiger partial charge in [0.05, 0.1) is 0 Å². The molecule has 10 heteroatoms. The lowest BCUT2D eigenvalue weighted by atomic mass is 9.98. The number of carboxylic acids is 1. The first kappa shape index (κ1) is 17.6. The number of thiophene rings is 1. The number of hydrogen-bond acceptors (Lipinski definition) is 7. The molecular formula is C15H14N2O6S2.